The first kappa shape index (κ1) is 7.45. The van der Waals surface area contributed by atoms with Gasteiger partial charge in [-0.2, -0.15) is 4.99 Å². The molecule has 3 nitrogen and oxygen atoms in total. The number of hydrogen-bond acceptors (Lipinski definition) is 3. The second-order valence-corrected chi connectivity index (χ2v) is 2.68. The van der Waals surface area contributed by atoms with Crippen molar-refractivity contribution in [1.29, 1.82) is 0 Å². The molecule has 1 heterocycles. The highest BCUT2D eigenvalue weighted by atomic mass is 16.5. The van der Waals surface area contributed by atoms with Gasteiger partial charge < -0.3 is 4.74 Å². The van der Waals surface area contributed by atoms with E-state index in [1.807, 2.05) is 0 Å². The molecule has 0 amide bonds. The molecule has 0 N–H and O–H groups in total. The molecular formula is C7H11NO2. The van der Waals surface area contributed by atoms with E-state index in [4.69, 9.17) is 4.74 Å². The normalized spacial score (nSPS) is 32.9. The topological polar surface area (TPSA) is 38.7 Å². The van der Waals surface area contributed by atoms with Gasteiger partial charge in [-0.1, -0.05) is 6.92 Å². The average Bonchev–Trinajstić information content (AvgIpc) is 1.88. The fraction of sp³-hybridized carbons (Fsp3) is 0.857. The highest BCUT2D eigenvalue weighted by Gasteiger charge is 2.17. The fourth-order valence-corrected chi connectivity index (χ4v) is 1.08. The summed E-state index contributed by atoms with van der Waals surface area (Å²) in [6.07, 6.45) is 3.22. The summed E-state index contributed by atoms with van der Waals surface area (Å²) in [4.78, 5) is 13.3. The molecule has 0 saturated carbocycles. The number of hydrogen-bond donors (Lipinski definition) is 0. The van der Waals surface area contributed by atoms with Crippen LogP contribution in [0.3, 0.4) is 0 Å². The lowest BCUT2D eigenvalue weighted by atomic mass is 10.0. The molecule has 0 spiro atoms. The first-order chi connectivity index (χ1) is 4.83. The van der Waals surface area contributed by atoms with Crippen LogP contribution in [0.4, 0.5) is 0 Å². The lowest BCUT2D eigenvalue weighted by Gasteiger charge is -2.22. The molecule has 1 fully saturated rings. The molecule has 0 aromatic rings. The second-order valence-electron chi connectivity index (χ2n) is 2.68. The van der Waals surface area contributed by atoms with Crippen molar-refractivity contribution < 1.29 is 9.53 Å². The van der Waals surface area contributed by atoms with Crippen LogP contribution in [-0.2, 0) is 9.53 Å². The van der Waals surface area contributed by atoms with E-state index in [-0.39, 0.29) is 6.23 Å². The molecular weight excluding hydrogens is 130 g/mol. The number of aliphatic imine (C=N–C) groups is 1. The van der Waals surface area contributed by atoms with Gasteiger partial charge in [0.25, 0.3) is 0 Å². The van der Waals surface area contributed by atoms with Crippen molar-refractivity contribution in [1.82, 2.24) is 0 Å². The maximum Gasteiger partial charge on any atom is 0.237 e. The zero-order valence-electron chi connectivity index (χ0n) is 6.04. The molecule has 1 rings (SSSR count). The molecule has 0 aromatic carbocycles. The Labute approximate surface area is 60.1 Å². The molecule has 0 bridgehead atoms. The second kappa shape index (κ2) is 3.49. The van der Waals surface area contributed by atoms with E-state index in [0.29, 0.717) is 5.92 Å². The molecule has 10 heavy (non-hydrogen) atoms. The molecule has 1 aliphatic rings. The summed E-state index contributed by atoms with van der Waals surface area (Å²) in [7, 11) is 0. The van der Waals surface area contributed by atoms with Gasteiger partial charge in [0.2, 0.25) is 6.08 Å². The lowest BCUT2D eigenvalue weighted by molar-refractivity contribution is 0.00108. The predicted molar refractivity (Wildman–Crippen MR) is 36.3 cm³/mol. The number of ether oxygens (including phenoxy) is 1. The Morgan fingerprint density at radius 2 is 2.50 bits per heavy atom. The largest absolute Gasteiger partial charge is 0.356 e. The first-order valence-corrected chi connectivity index (χ1v) is 3.51. The molecule has 0 aliphatic carbocycles. The zero-order chi connectivity index (χ0) is 7.40. The van der Waals surface area contributed by atoms with Gasteiger partial charge in [0.05, 0.1) is 0 Å². The van der Waals surface area contributed by atoms with Crippen molar-refractivity contribution in [3.8, 4) is 0 Å². The highest BCUT2D eigenvalue weighted by Crippen LogP contribution is 2.19. The van der Waals surface area contributed by atoms with Gasteiger partial charge in [-0.25, -0.2) is 4.79 Å². The monoisotopic (exact) mass is 141 g/mol. The Morgan fingerprint density at radius 1 is 1.70 bits per heavy atom. The maximum atomic E-state index is 9.81. The Hall–Kier alpha value is -0.660. The maximum absolute atomic E-state index is 9.81. The van der Waals surface area contributed by atoms with Crippen LogP contribution in [0.2, 0.25) is 0 Å². The van der Waals surface area contributed by atoms with Crippen molar-refractivity contribution in [2.75, 3.05) is 6.61 Å². The standard InChI is InChI=1S/C7H11NO2/c1-6-2-3-10-7(4-6)8-5-9/h6-7H,2-4H2,1H3. The summed E-state index contributed by atoms with van der Waals surface area (Å²) in [5.74, 6) is 0.621. The Balaban J connectivity index is 2.39. The summed E-state index contributed by atoms with van der Waals surface area (Å²) in [6, 6.07) is 0. The van der Waals surface area contributed by atoms with E-state index in [1.54, 1.807) is 0 Å². The molecule has 1 saturated heterocycles. The predicted octanol–water partition coefficient (Wildman–Crippen LogP) is 1.09. The fourth-order valence-electron chi connectivity index (χ4n) is 1.08. The van der Waals surface area contributed by atoms with Gasteiger partial charge in [0.1, 0.15) is 0 Å². The summed E-state index contributed by atoms with van der Waals surface area (Å²) >= 11 is 0. The van der Waals surface area contributed by atoms with Crippen LogP contribution in [0.1, 0.15) is 19.8 Å². The van der Waals surface area contributed by atoms with E-state index in [0.717, 1.165) is 19.4 Å². The molecule has 1 aliphatic heterocycles. The van der Waals surface area contributed by atoms with Crippen LogP contribution in [0.5, 0.6) is 0 Å². The van der Waals surface area contributed by atoms with Gasteiger partial charge in [-0.15, -0.1) is 0 Å². The third kappa shape index (κ3) is 1.94. The van der Waals surface area contributed by atoms with Crippen LogP contribution >= 0.6 is 0 Å². The molecule has 56 valence electrons. The van der Waals surface area contributed by atoms with Crippen molar-refractivity contribution in [2.45, 2.75) is 26.0 Å². The van der Waals surface area contributed by atoms with Crippen LogP contribution in [0.15, 0.2) is 4.99 Å². The van der Waals surface area contributed by atoms with Gasteiger partial charge in [0, 0.05) is 6.61 Å². The van der Waals surface area contributed by atoms with Crippen molar-refractivity contribution in [2.24, 2.45) is 10.9 Å². The van der Waals surface area contributed by atoms with Crippen LogP contribution in [-0.4, -0.2) is 18.9 Å². The number of nitrogens with zero attached hydrogens (tertiary/aromatic N) is 1. The van der Waals surface area contributed by atoms with Crippen LogP contribution in [0.25, 0.3) is 0 Å². The van der Waals surface area contributed by atoms with E-state index in [2.05, 4.69) is 11.9 Å². The number of isocyanates is 1. The van der Waals surface area contributed by atoms with E-state index >= 15 is 0 Å². The minimum absolute atomic E-state index is 0.221. The molecule has 0 aromatic heterocycles. The quantitative estimate of drug-likeness (QED) is 0.405. The highest BCUT2D eigenvalue weighted by molar-refractivity contribution is 5.33. The summed E-state index contributed by atoms with van der Waals surface area (Å²) < 4.78 is 5.16. The van der Waals surface area contributed by atoms with Gasteiger partial charge in [-0.05, 0) is 18.8 Å². The van der Waals surface area contributed by atoms with Crippen LogP contribution < -0.4 is 0 Å². The summed E-state index contributed by atoms with van der Waals surface area (Å²) in [6.45, 7) is 2.85. The van der Waals surface area contributed by atoms with E-state index < -0.39 is 0 Å². The molecule has 2 atom stereocenters. The Bertz CT molecular complexity index is 152. The summed E-state index contributed by atoms with van der Waals surface area (Å²) in [5.41, 5.74) is 0. The first-order valence-electron chi connectivity index (χ1n) is 3.51. The summed E-state index contributed by atoms with van der Waals surface area (Å²) in [5, 5.41) is 0. The van der Waals surface area contributed by atoms with E-state index in [1.165, 1.54) is 6.08 Å². The van der Waals surface area contributed by atoms with Crippen molar-refractivity contribution in [3.63, 3.8) is 0 Å². The van der Waals surface area contributed by atoms with E-state index in [9.17, 15) is 4.79 Å². The van der Waals surface area contributed by atoms with Crippen molar-refractivity contribution >= 4 is 6.08 Å². The minimum Gasteiger partial charge on any atom is -0.356 e. The van der Waals surface area contributed by atoms with Gasteiger partial charge in [0.15, 0.2) is 6.23 Å². The van der Waals surface area contributed by atoms with Gasteiger partial charge in [-0.3, -0.25) is 0 Å². The SMILES string of the molecule is CC1CCOC(N=C=O)C1. The smallest absolute Gasteiger partial charge is 0.237 e. The lowest BCUT2D eigenvalue weighted by Crippen LogP contribution is -2.22. The third-order valence-electron chi connectivity index (χ3n) is 1.72. The minimum atomic E-state index is -0.221. The van der Waals surface area contributed by atoms with Gasteiger partial charge >= 0.3 is 0 Å². The van der Waals surface area contributed by atoms with Crippen molar-refractivity contribution in [3.05, 3.63) is 0 Å². The van der Waals surface area contributed by atoms with Crippen LogP contribution in [0, 0.1) is 5.92 Å². The number of carbonyl (C=O) groups excluding carboxylic acids is 1. The third-order valence-corrected chi connectivity index (χ3v) is 1.72. The molecule has 2 unspecified atom stereocenters. The molecule has 0 radical (unpaired) electrons. The zero-order valence-corrected chi connectivity index (χ0v) is 6.04. The Kier molecular flexibility index (Phi) is 2.60. The Morgan fingerprint density at radius 3 is 3.10 bits per heavy atom. The average molecular weight is 141 g/mol. The number of rotatable bonds is 1. The molecule has 3 heteroatoms.